The molecule has 0 spiro atoms. The zero-order valence-electron chi connectivity index (χ0n) is 13.7. The molecule has 0 aliphatic carbocycles. The average molecular weight is 331 g/mol. The number of rotatable bonds is 3. The van der Waals surface area contributed by atoms with E-state index >= 15 is 0 Å². The molecule has 1 aromatic carbocycles. The Bertz CT molecular complexity index is 662. The van der Waals surface area contributed by atoms with E-state index in [1.54, 1.807) is 6.20 Å². The third kappa shape index (κ3) is 3.69. The van der Waals surface area contributed by atoms with Crippen molar-refractivity contribution in [3.63, 3.8) is 0 Å². The van der Waals surface area contributed by atoms with E-state index in [1.165, 1.54) is 5.56 Å². The third-order valence-corrected chi connectivity index (χ3v) is 4.52. The summed E-state index contributed by atoms with van der Waals surface area (Å²) < 4.78 is 13.7. The lowest BCUT2D eigenvalue weighted by Crippen LogP contribution is -2.31. The molecule has 1 aromatic heterocycles. The molecule has 0 N–H and O–H groups in total. The highest BCUT2D eigenvalue weighted by atomic mass is 32.1. The number of amides is 1. The van der Waals surface area contributed by atoms with Crippen molar-refractivity contribution in [1.29, 1.82) is 0 Å². The van der Waals surface area contributed by atoms with Crippen molar-refractivity contribution in [1.82, 2.24) is 13.6 Å². The van der Waals surface area contributed by atoms with Crippen molar-refractivity contribution in [2.75, 3.05) is 13.1 Å². The molecule has 1 amide bonds. The van der Waals surface area contributed by atoms with E-state index in [0.29, 0.717) is 19.0 Å². The van der Waals surface area contributed by atoms with Gasteiger partial charge in [-0.15, -0.1) is 4.37 Å². The van der Waals surface area contributed by atoms with Gasteiger partial charge in [-0.05, 0) is 23.1 Å². The van der Waals surface area contributed by atoms with E-state index in [1.807, 2.05) is 29.2 Å². The summed E-state index contributed by atoms with van der Waals surface area (Å²) >= 11 is 1.12. The number of hydrogen-bond donors (Lipinski definition) is 0. The van der Waals surface area contributed by atoms with Gasteiger partial charge in [-0.2, -0.15) is 4.37 Å². The molecule has 5 nitrogen and oxygen atoms in total. The molecule has 6 heteroatoms. The molecule has 2 aromatic rings. The Morgan fingerprint density at radius 3 is 2.65 bits per heavy atom. The first-order valence-electron chi connectivity index (χ1n) is 7.77. The van der Waals surface area contributed by atoms with Crippen molar-refractivity contribution < 1.29 is 9.53 Å². The Balaban J connectivity index is 1.62. The van der Waals surface area contributed by atoms with Crippen LogP contribution in [0.15, 0.2) is 30.5 Å². The van der Waals surface area contributed by atoms with Crippen molar-refractivity contribution in [3.8, 4) is 5.88 Å². The molecule has 1 atom stereocenters. The third-order valence-electron chi connectivity index (χ3n) is 4.06. The van der Waals surface area contributed by atoms with Crippen molar-refractivity contribution in [2.45, 2.75) is 38.7 Å². The van der Waals surface area contributed by atoms with Crippen LogP contribution in [-0.2, 0) is 5.41 Å². The first-order chi connectivity index (χ1) is 10.9. The van der Waals surface area contributed by atoms with E-state index in [9.17, 15) is 4.79 Å². The number of likely N-dealkylation sites (tertiary alicyclic amines) is 1. The lowest BCUT2D eigenvalue weighted by molar-refractivity contribution is 0.0771. The molecular formula is C17H21N3O2S. The number of aromatic nitrogens is 2. The van der Waals surface area contributed by atoms with Gasteiger partial charge in [-0.25, -0.2) is 0 Å². The van der Waals surface area contributed by atoms with E-state index in [0.717, 1.165) is 23.7 Å². The lowest BCUT2D eigenvalue weighted by atomic mass is 9.86. The first kappa shape index (κ1) is 15.9. The summed E-state index contributed by atoms with van der Waals surface area (Å²) in [5.41, 5.74) is 2.05. The zero-order valence-corrected chi connectivity index (χ0v) is 14.5. The largest absolute Gasteiger partial charge is 0.471 e. The molecule has 1 unspecified atom stereocenters. The van der Waals surface area contributed by atoms with Gasteiger partial charge in [0, 0.05) is 18.5 Å². The number of hydrogen-bond acceptors (Lipinski definition) is 5. The maximum absolute atomic E-state index is 12.6. The van der Waals surface area contributed by atoms with Gasteiger partial charge in [0.05, 0.1) is 18.3 Å². The normalized spacial score (nSPS) is 18.2. The number of carbonyl (C=O) groups excluding carboxylic acids is 1. The predicted molar refractivity (Wildman–Crippen MR) is 90.0 cm³/mol. The van der Waals surface area contributed by atoms with Gasteiger partial charge in [0.25, 0.3) is 5.91 Å². The highest BCUT2D eigenvalue weighted by Gasteiger charge is 2.29. The van der Waals surface area contributed by atoms with Gasteiger partial charge in [0.1, 0.15) is 12.3 Å². The summed E-state index contributed by atoms with van der Waals surface area (Å²) in [6.45, 7) is 7.80. The van der Waals surface area contributed by atoms with E-state index in [-0.39, 0.29) is 17.4 Å². The molecule has 0 saturated carbocycles. The second-order valence-corrected chi connectivity index (χ2v) is 7.41. The minimum absolute atomic E-state index is 0.00306. The number of benzene rings is 1. The van der Waals surface area contributed by atoms with Crippen molar-refractivity contribution >= 4 is 17.6 Å². The summed E-state index contributed by atoms with van der Waals surface area (Å²) in [6.07, 6.45) is 2.43. The number of ether oxygens (including phenoxy) is 1. The van der Waals surface area contributed by atoms with Crippen LogP contribution >= 0.6 is 11.7 Å². The molecule has 0 radical (unpaired) electrons. The van der Waals surface area contributed by atoms with Gasteiger partial charge in [0.15, 0.2) is 0 Å². The van der Waals surface area contributed by atoms with Crippen LogP contribution in [0.25, 0.3) is 0 Å². The molecule has 1 saturated heterocycles. The van der Waals surface area contributed by atoms with E-state index in [4.69, 9.17) is 4.74 Å². The molecule has 1 fully saturated rings. The molecule has 2 heterocycles. The Labute approximate surface area is 140 Å². The van der Waals surface area contributed by atoms with Crippen molar-refractivity contribution in [3.05, 3.63) is 41.6 Å². The SMILES string of the molecule is CC(C)(C)c1ccc(C(=O)N2CCC(Oc3cnsn3)C2)cc1. The second kappa shape index (κ2) is 6.28. The fourth-order valence-corrected chi connectivity index (χ4v) is 3.04. The Morgan fingerprint density at radius 2 is 2.04 bits per heavy atom. The highest BCUT2D eigenvalue weighted by molar-refractivity contribution is 6.99. The molecule has 122 valence electrons. The van der Waals surface area contributed by atoms with Gasteiger partial charge in [0.2, 0.25) is 5.88 Å². The quantitative estimate of drug-likeness (QED) is 0.867. The van der Waals surface area contributed by atoms with Crippen LogP contribution in [0.5, 0.6) is 5.88 Å². The number of carbonyl (C=O) groups is 1. The standard InChI is InChI=1S/C17H21N3O2S/c1-17(2,3)13-6-4-12(5-7-13)16(21)20-9-8-14(11-20)22-15-10-18-23-19-15/h4-7,10,14H,8-9,11H2,1-3H3. The smallest absolute Gasteiger partial charge is 0.253 e. The van der Waals surface area contributed by atoms with E-state index < -0.39 is 0 Å². The Morgan fingerprint density at radius 1 is 1.30 bits per heavy atom. The fraction of sp³-hybridized carbons (Fsp3) is 0.471. The van der Waals surface area contributed by atoms with Crippen LogP contribution in [0.3, 0.4) is 0 Å². The maximum Gasteiger partial charge on any atom is 0.253 e. The van der Waals surface area contributed by atoms with Crippen LogP contribution in [0, 0.1) is 0 Å². The van der Waals surface area contributed by atoms with Crippen LogP contribution in [0.2, 0.25) is 0 Å². The molecule has 23 heavy (non-hydrogen) atoms. The molecule has 0 bridgehead atoms. The fourth-order valence-electron chi connectivity index (χ4n) is 2.68. The van der Waals surface area contributed by atoms with Gasteiger partial charge >= 0.3 is 0 Å². The maximum atomic E-state index is 12.6. The lowest BCUT2D eigenvalue weighted by Gasteiger charge is -2.20. The summed E-state index contributed by atoms with van der Waals surface area (Å²) in [7, 11) is 0. The van der Waals surface area contributed by atoms with Crippen LogP contribution in [0.4, 0.5) is 0 Å². The van der Waals surface area contributed by atoms with Gasteiger partial charge in [-0.1, -0.05) is 32.9 Å². The van der Waals surface area contributed by atoms with Crippen LogP contribution in [0.1, 0.15) is 43.1 Å². The predicted octanol–water partition coefficient (Wildman–Crippen LogP) is 3.13. The van der Waals surface area contributed by atoms with Gasteiger partial charge < -0.3 is 9.64 Å². The van der Waals surface area contributed by atoms with Crippen LogP contribution in [-0.4, -0.2) is 38.7 Å². The summed E-state index contributed by atoms with van der Waals surface area (Å²) in [4.78, 5) is 14.4. The molecule has 1 aliphatic rings. The minimum Gasteiger partial charge on any atom is -0.471 e. The first-order valence-corrected chi connectivity index (χ1v) is 8.50. The second-order valence-electron chi connectivity index (χ2n) is 6.85. The highest BCUT2D eigenvalue weighted by Crippen LogP contribution is 2.23. The molecular weight excluding hydrogens is 310 g/mol. The van der Waals surface area contributed by atoms with Crippen molar-refractivity contribution in [2.24, 2.45) is 0 Å². The topological polar surface area (TPSA) is 55.3 Å². The summed E-state index contributed by atoms with van der Waals surface area (Å²) in [5.74, 6) is 0.608. The van der Waals surface area contributed by atoms with E-state index in [2.05, 4.69) is 29.5 Å². The van der Waals surface area contributed by atoms with Crippen LogP contribution < -0.4 is 4.74 Å². The average Bonchev–Trinajstić information content (AvgIpc) is 3.18. The van der Waals surface area contributed by atoms with Gasteiger partial charge in [-0.3, -0.25) is 4.79 Å². The molecule has 3 rings (SSSR count). The summed E-state index contributed by atoms with van der Waals surface area (Å²) in [6, 6.07) is 7.92. The summed E-state index contributed by atoms with van der Waals surface area (Å²) in [5, 5.41) is 0. The number of nitrogens with zero attached hydrogens (tertiary/aromatic N) is 3. The Hall–Kier alpha value is -1.95. The monoisotopic (exact) mass is 331 g/mol. The Kier molecular flexibility index (Phi) is 4.35. The molecule has 1 aliphatic heterocycles. The zero-order chi connectivity index (χ0) is 16.4. The minimum atomic E-state index is -0.00306.